The van der Waals surface area contributed by atoms with Crippen LogP contribution >= 0.6 is 0 Å². The highest BCUT2D eigenvalue weighted by Crippen LogP contribution is 2.21. The van der Waals surface area contributed by atoms with Crippen LogP contribution in [0.1, 0.15) is 21.6 Å². The second-order valence-electron chi connectivity index (χ2n) is 4.56. The number of anilines is 2. The number of carbonyl (C=O) groups is 1. The van der Waals surface area contributed by atoms with Crippen molar-refractivity contribution < 1.29 is 14.6 Å². The summed E-state index contributed by atoms with van der Waals surface area (Å²) in [6.45, 7) is 2.11. The van der Waals surface area contributed by atoms with Gasteiger partial charge in [-0.05, 0) is 37.3 Å². The molecule has 0 unspecified atom stereocenters. The van der Waals surface area contributed by atoms with Crippen LogP contribution in [0.15, 0.2) is 30.3 Å². The Hall–Kier alpha value is -2.76. The Morgan fingerprint density at radius 2 is 2.14 bits per heavy atom. The van der Waals surface area contributed by atoms with Crippen LogP contribution in [-0.2, 0) is 11.3 Å². The van der Waals surface area contributed by atoms with Crippen molar-refractivity contribution in [1.29, 1.82) is 0 Å². The molecule has 6 nitrogen and oxygen atoms in total. The molecule has 6 heteroatoms. The first-order valence-corrected chi connectivity index (χ1v) is 6.38. The zero-order valence-electron chi connectivity index (χ0n) is 11.9. The van der Waals surface area contributed by atoms with Gasteiger partial charge in [0, 0.05) is 17.8 Å². The minimum Gasteiger partial charge on any atom is -0.508 e. The number of pyridine rings is 1. The van der Waals surface area contributed by atoms with Gasteiger partial charge in [-0.25, -0.2) is 9.78 Å². The van der Waals surface area contributed by atoms with E-state index in [0.717, 1.165) is 0 Å². The average molecular weight is 287 g/mol. The van der Waals surface area contributed by atoms with Crippen LogP contribution in [0.2, 0.25) is 0 Å². The first kappa shape index (κ1) is 14.6. The first-order chi connectivity index (χ1) is 10.0. The third-order valence-electron chi connectivity index (χ3n) is 3.05. The summed E-state index contributed by atoms with van der Waals surface area (Å²) >= 11 is 0. The number of hydrogen-bond acceptors (Lipinski definition) is 6. The van der Waals surface area contributed by atoms with E-state index in [2.05, 4.69) is 15.0 Å². The standard InChI is InChI=1S/C15H17N3O3/c1-9-12(15(20)21-2)4-6-14(18-9)17-8-10-7-11(16)3-5-13(10)19/h3-7,19H,8,16H2,1-2H3,(H,17,18). The van der Waals surface area contributed by atoms with E-state index >= 15 is 0 Å². The second-order valence-corrected chi connectivity index (χ2v) is 4.56. The minimum absolute atomic E-state index is 0.166. The van der Waals surface area contributed by atoms with Crippen molar-refractivity contribution in [3.63, 3.8) is 0 Å². The van der Waals surface area contributed by atoms with Crippen molar-refractivity contribution in [3.8, 4) is 5.75 Å². The molecule has 21 heavy (non-hydrogen) atoms. The summed E-state index contributed by atoms with van der Waals surface area (Å²) in [5, 5.41) is 12.8. The number of carbonyl (C=O) groups excluding carboxylic acids is 1. The highest BCUT2D eigenvalue weighted by atomic mass is 16.5. The summed E-state index contributed by atoms with van der Waals surface area (Å²) in [5.41, 5.74) is 7.93. The molecular formula is C15H17N3O3. The number of nitrogens with one attached hydrogen (secondary N) is 1. The predicted octanol–water partition coefficient (Wildman–Crippen LogP) is 2.08. The highest BCUT2D eigenvalue weighted by Gasteiger charge is 2.10. The first-order valence-electron chi connectivity index (χ1n) is 6.38. The van der Waals surface area contributed by atoms with Crippen molar-refractivity contribution in [2.45, 2.75) is 13.5 Å². The van der Waals surface area contributed by atoms with Crippen LogP contribution in [0, 0.1) is 6.92 Å². The van der Waals surface area contributed by atoms with E-state index in [0.29, 0.717) is 34.9 Å². The molecule has 0 aliphatic heterocycles. The molecule has 110 valence electrons. The number of ether oxygens (including phenoxy) is 1. The van der Waals surface area contributed by atoms with Crippen molar-refractivity contribution in [1.82, 2.24) is 4.98 Å². The largest absolute Gasteiger partial charge is 0.508 e. The van der Waals surface area contributed by atoms with Crippen molar-refractivity contribution >= 4 is 17.5 Å². The van der Waals surface area contributed by atoms with Gasteiger partial charge in [-0.2, -0.15) is 0 Å². The van der Waals surface area contributed by atoms with Crippen molar-refractivity contribution in [3.05, 3.63) is 47.2 Å². The lowest BCUT2D eigenvalue weighted by molar-refractivity contribution is 0.0599. The Labute approximate surface area is 122 Å². The molecule has 0 amide bonds. The van der Waals surface area contributed by atoms with Crippen LogP contribution in [0.5, 0.6) is 5.75 Å². The van der Waals surface area contributed by atoms with Crippen LogP contribution in [0.3, 0.4) is 0 Å². The molecule has 0 atom stereocenters. The van der Waals surface area contributed by atoms with Gasteiger partial charge >= 0.3 is 5.97 Å². The summed E-state index contributed by atoms with van der Waals surface area (Å²) in [7, 11) is 1.33. The lowest BCUT2D eigenvalue weighted by Gasteiger charge is -2.10. The number of aromatic hydroxyl groups is 1. The van der Waals surface area contributed by atoms with E-state index in [1.54, 1.807) is 37.3 Å². The van der Waals surface area contributed by atoms with Gasteiger partial charge in [0.05, 0.1) is 18.4 Å². The van der Waals surface area contributed by atoms with E-state index in [1.165, 1.54) is 7.11 Å². The number of rotatable bonds is 4. The summed E-state index contributed by atoms with van der Waals surface area (Å²) in [5.74, 6) is 0.349. The molecule has 0 radical (unpaired) electrons. The topological polar surface area (TPSA) is 97.5 Å². The van der Waals surface area contributed by atoms with Crippen molar-refractivity contribution in [2.75, 3.05) is 18.2 Å². The van der Waals surface area contributed by atoms with E-state index < -0.39 is 5.97 Å². The summed E-state index contributed by atoms with van der Waals surface area (Å²) in [6, 6.07) is 8.20. The molecule has 4 N–H and O–H groups in total. The minimum atomic E-state index is -0.417. The zero-order valence-corrected chi connectivity index (χ0v) is 11.9. The van der Waals surface area contributed by atoms with Gasteiger partial charge in [0.15, 0.2) is 0 Å². The smallest absolute Gasteiger partial charge is 0.339 e. The van der Waals surface area contributed by atoms with E-state index in [1.807, 2.05) is 0 Å². The van der Waals surface area contributed by atoms with Crippen LogP contribution in [-0.4, -0.2) is 23.2 Å². The quantitative estimate of drug-likeness (QED) is 0.452. The van der Waals surface area contributed by atoms with Crippen LogP contribution < -0.4 is 11.1 Å². The molecule has 0 spiro atoms. The van der Waals surface area contributed by atoms with Gasteiger partial charge in [-0.1, -0.05) is 0 Å². The third-order valence-corrected chi connectivity index (χ3v) is 3.05. The Balaban J connectivity index is 2.12. The second kappa shape index (κ2) is 6.13. The van der Waals surface area contributed by atoms with Gasteiger partial charge in [0.2, 0.25) is 0 Å². The highest BCUT2D eigenvalue weighted by molar-refractivity contribution is 5.90. The molecular weight excluding hydrogens is 270 g/mol. The Bertz CT molecular complexity index is 671. The third kappa shape index (κ3) is 3.42. The van der Waals surface area contributed by atoms with Gasteiger partial charge < -0.3 is 20.9 Å². The summed E-state index contributed by atoms with van der Waals surface area (Å²) in [4.78, 5) is 15.8. The molecule has 0 bridgehead atoms. The van der Waals surface area contributed by atoms with E-state index in [4.69, 9.17) is 5.73 Å². The predicted molar refractivity (Wildman–Crippen MR) is 80.2 cm³/mol. The number of benzene rings is 1. The number of phenols is 1. The van der Waals surface area contributed by atoms with E-state index in [-0.39, 0.29) is 5.75 Å². The number of esters is 1. The molecule has 2 rings (SSSR count). The lowest BCUT2D eigenvalue weighted by atomic mass is 10.1. The lowest BCUT2D eigenvalue weighted by Crippen LogP contribution is -2.08. The molecule has 0 saturated carbocycles. The van der Waals surface area contributed by atoms with Gasteiger partial charge in [0.25, 0.3) is 0 Å². The number of aromatic nitrogens is 1. The molecule has 0 saturated heterocycles. The average Bonchev–Trinajstić information content (AvgIpc) is 2.47. The molecule has 0 aliphatic carbocycles. The number of nitrogens with zero attached hydrogens (tertiary/aromatic N) is 1. The molecule has 1 heterocycles. The van der Waals surface area contributed by atoms with Crippen LogP contribution in [0.4, 0.5) is 11.5 Å². The van der Waals surface area contributed by atoms with E-state index in [9.17, 15) is 9.90 Å². The fourth-order valence-electron chi connectivity index (χ4n) is 1.92. The number of methoxy groups -OCH3 is 1. The number of aryl methyl sites for hydroxylation is 1. The van der Waals surface area contributed by atoms with Gasteiger partial charge in [0.1, 0.15) is 11.6 Å². The maximum atomic E-state index is 11.5. The molecule has 1 aromatic heterocycles. The normalized spacial score (nSPS) is 10.2. The monoisotopic (exact) mass is 287 g/mol. The number of phenolic OH excluding ortho intramolecular Hbond substituents is 1. The molecule has 0 fully saturated rings. The SMILES string of the molecule is COC(=O)c1ccc(NCc2cc(N)ccc2O)nc1C. The Morgan fingerprint density at radius 3 is 2.81 bits per heavy atom. The fraction of sp³-hybridized carbons (Fsp3) is 0.200. The zero-order chi connectivity index (χ0) is 15.4. The molecule has 0 aliphatic rings. The van der Waals surface area contributed by atoms with Crippen molar-refractivity contribution in [2.24, 2.45) is 0 Å². The van der Waals surface area contributed by atoms with Crippen LogP contribution in [0.25, 0.3) is 0 Å². The van der Waals surface area contributed by atoms with Gasteiger partial charge in [-0.15, -0.1) is 0 Å². The number of nitrogen functional groups attached to an aromatic ring is 1. The molecule has 2 aromatic rings. The molecule has 1 aromatic carbocycles. The summed E-state index contributed by atoms with van der Waals surface area (Å²) in [6.07, 6.45) is 0. The number of nitrogens with two attached hydrogens (primary N) is 1. The fourth-order valence-corrected chi connectivity index (χ4v) is 1.92. The Morgan fingerprint density at radius 1 is 1.38 bits per heavy atom. The maximum Gasteiger partial charge on any atom is 0.339 e. The van der Waals surface area contributed by atoms with Gasteiger partial charge in [-0.3, -0.25) is 0 Å². The number of hydrogen-bond donors (Lipinski definition) is 3. The Kier molecular flexibility index (Phi) is 4.27. The maximum absolute atomic E-state index is 11.5. The summed E-state index contributed by atoms with van der Waals surface area (Å²) < 4.78 is 4.67.